The normalized spacial score (nSPS) is 13.6. The van der Waals surface area contributed by atoms with Gasteiger partial charge in [0, 0.05) is 16.1 Å². The number of nitrogens with two attached hydrogens (primary N) is 1. The molecule has 21 heavy (non-hydrogen) atoms. The molecule has 112 valence electrons. The molecule has 0 spiro atoms. The van der Waals surface area contributed by atoms with Crippen molar-refractivity contribution in [1.29, 1.82) is 0 Å². The predicted octanol–water partition coefficient (Wildman–Crippen LogP) is 4.23. The average Bonchev–Trinajstić information content (AvgIpc) is 2.46. The summed E-state index contributed by atoms with van der Waals surface area (Å²) in [7, 11) is 1.64. The van der Waals surface area contributed by atoms with Crippen molar-refractivity contribution in [2.45, 2.75) is 26.0 Å². The smallest absolute Gasteiger partial charge is 0.162 e. The highest BCUT2D eigenvalue weighted by Crippen LogP contribution is 2.35. The van der Waals surface area contributed by atoms with E-state index in [2.05, 4.69) is 15.9 Å². The summed E-state index contributed by atoms with van der Waals surface area (Å²) in [6.07, 6.45) is -0.253. The first-order valence-corrected chi connectivity index (χ1v) is 7.63. The second-order valence-electron chi connectivity index (χ2n) is 5.07. The van der Waals surface area contributed by atoms with Crippen molar-refractivity contribution < 1.29 is 9.47 Å². The Morgan fingerprint density at radius 2 is 1.81 bits per heavy atom. The number of aryl methyl sites for hydroxylation is 1. The molecule has 0 fully saturated rings. The Balaban J connectivity index is 2.36. The molecule has 2 rings (SSSR count). The van der Waals surface area contributed by atoms with Gasteiger partial charge in [-0.2, -0.15) is 0 Å². The van der Waals surface area contributed by atoms with Gasteiger partial charge in [-0.15, -0.1) is 0 Å². The highest BCUT2D eigenvalue weighted by molar-refractivity contribution is 9.10. The number of halogens is 1. The van der Waals surface area contributed by atoms with Gasteiger partial charge in [0.25, 0.3) is 0 Å². The molecule has 2 aromatic rings. The maximum atomic E-state index is 6.14. The van der Waals surface area contributed by atoms with Crippen LogP contribution in [0.2, 0.25) is 0 Å². The highest BCUT2D eigenvalue weighted by Gasteiger charge is 2.22. The van der Waals surface area contributed by atoms with Crippen LogP contribution in [0.1, 0.15) is 24.2 Å². The Labute approximate surface area is 134 Å². The summed E-state index contributed by atoms with van der Waals surface area (Å²) in [6, 6.07) is 13.7. The minimum absolute atomic E-state index is 0.158. The Morgan fingerprint density at radius 3 is 2.43 bits per heavy atom. The van der Waals surface area contributed by atoms with Gasteiger partial charge in [0.05, 0.1) is 7.11 Å². The number of benzene rings is 2. The van der Waals surface area contributed by atoms with Crippen molar-refractivity contribution >= 4 is 15.9 Å². The average molecular weight is 350 g/mol. The fraction of sp³-hybridized carbons (Fsp3) is 0.294. The molecule has 4 heteroatoms. The predicted molar refractivity (Wildman–Crippen MR) is 88.9 cm³/mol. The molecular formula is C17H20BrNO2. The molecule has 0 bridgehead atoms. The molecule has 0 radical (unpaired) electrons. The van der Waals surface area contributed by atoms with Crippen LogP contribution in [0, 0.1) is 6.92 Å². The molecule has 2 N–H and O–H groups in total. The van der Waals surface area contributed by atoms with E-state index in [-0.39, 0.29) is 12.1 Å². The summed E-state index contributed by atoms with van der Waals surface area (Å²) in [5, 5.41) is 0. The van der Waals surface area contributed by atoms with Crippen molar-refractivity contribution in [2.75, 3.05) is 7.11 Å². The topological polar surface area (TPSA) is 44.5 Å². The third-order valence-electron chi connectivity index (χ3n) is 3.26. The number of methoxy groups -OCH3 is 1. The molecule has 0 heterocycles. The van der Waals surface area contributed by atoms with Crippen LogP contribution in [-0.4, -0.2) is 13.2 Å². The summed E-state index contributed by atoms with van der Waals surface area (Å²) >= 11 is 3.56. The fourth-order valence-electron chi connectivity index (χ4n) is 2.17. The molecule has 0 saturated heterocycles. The standard InChI is InChI=1S/C17H20BrNO2/c1-11-8-9-15(16(10-11)20-3)21-17(12(2)19)13-6-4-5-7-14(13)18/h4-10,12,17H,19H2,1-3H3. The Bertz CT molecular complexity index is 613. The lowest BCUT2D eigenvalue weighted by Crippen LogP contribution is -2.29. The second kappa shape index (κ2) is 6.96. The van der Waals surface area contributed by atoms with Gasteiger partial charge in [-0.05, 0) is 37.6 Å². The van der Waals surface area contributed by atoms with Gasteiger partial charge in [0.2, 0.25) is 0 Å². The van der Waals surface area contributed by atoms with E-state index in [4.69, 9.17) is 15.2 Å². The first-order chi connectivity index (χ1) is 10.0. The maximum absolute atomic E-state index is 6.14. The third kappa shape index (κ3) is 3.77. The van der Waals surface area contributed by atoms with Crippen LogP contribution in [0.15, 0.2) is 46.9 Å². The Kier molecular flexibility index (Phi) is 5.26. The molecule has 2 unspecified atom stereocenters. The van der Waals surface area contributed by atoms with Crippen LogP contribution in [0.5, 0.6) is 11.5 Å². The van der Waals surface area contributed by atoms with Crippen LogP contribution in [0.25, 0.3) is 0 Å². The molecule has 3 nitrogen and oxygen atoms in total. The van der Waals surface area contributed by atoms with E-state index in [0.29, 0.717) is 11.5 Å². The van der Waals surface area contributed by atoms with Gasteiger partial charge in [-0.1, -0.05) is 40.2 Å². The molecule has 0 amide bonds. The number of rotatable bonds is 5. The van der Waals surface area contributed by atoms with Crippen molar-refractivity contribution in [3.63, 3.8) is 0 Å². The summed E-state index contributed by atoms with van der Waals surface area (Å²) in [5.41, 5.74) is 8.27. The minimum Gasteiger partial charge on any atom is -0.493 e. The number of ether oxygens (including phenoxy) is 2. The summed E-state index contributed by atoms with van der Waals surface area (Å²) in [6.45, 7) is 3.95. The van der Waals surface area contributed by atoms with E-state index >= 15 is 0 Å². The van der Waals surface area contributed by atoms with Crippen molar-refractivity contribution in [3.05, 3.63) is 58.1 Å². The second-order valence-corrected chi connectivity index (χ2v) is 5.93. The zero-order valence-electron chi connectivity index (χ0n) is 12.5. The molecule has 0 aromatic heterocycles. The molecule has 2 atom stereocenters. The van der Waals surface area contributed by atoms with Crippen LogP contribution in [-0.2, 0) is 0 Å². The molecule has 2 aromatic carbocycles. The van der Waals surface area contributed by atoms with Gasteiger partial charge in [-0.25, -0.2) is 0 Å². The van der Waals surface area contributed by atoms with Crippen LogP contribution >= 0.6 is 15.9 Å². The van der Waals surface area contributed by atoms with E-state index in [1.165, 1.54) is 0 Å². The third-order valence-corrected chi connectivity index (χ3v) is 3.98. The maximum Gasteiger partial charge on any atom is 0.162 e. The number of hydrogen-bond acceptors (Lipinski definition) is 3. The van der Waals surface area contributed by atoms with Crippen LogP contribution < -0.4 is 15.2 Å². The van der Waals surface area contributed by atoms with Gasteiger partial charge in [0.15, 0.2) is 11.5 Å². The van der Waals surface area contributed by atoms with Crippen molar-refractivity contribution in [3.8, 4) is 11.5 Å². The molecular weight excluding hydrogens is 330 g/mol. The minimum atomic E-state index is -0.253. The van der Waals surface area contributed by atoms with E-state index in [1.54, 1.807) is 7.11 Å². The van der Waals surface area contributed by atoms with E-state index in [0.717, 1.165) is 15.6 Å². The van der Waals surface area contributed by atoms with E-state index < -0.39 is 0 Å². The summed E-state index contributed by atoms with van der Waals surface area (Å²) in [5.74, 6) is 1.41. The lowest BCUT2D eigenvalue weighted by molar-refractivity contribution is 0.172. The molecule has 0 aliphatic carbocycles. The van der Waals surface area contributed by atoms with Gasteiger partial charge in [0.1, 0.15) is 6.10 Å². The Hall–Kier alpha value is -1.52. The van der Waals surface area contributed by atoms with Crippen LogP contribution in [0.3, 0.4) is 0 Å². The van der Waals surface area contributed by atoms with Gasteiger partial charge >= 0.3 is 0 Å². The largest absolute Gasteiger partial charge is 0.493 e. The summed E-state index contributed by atoms with van der Waals surface area (Å²) in [4.78, 5) is 0. The highest BCUT2D eigenvalue weighted by atomic mass is 79.9. The van der Waals surface area contributed by atoms with Gasteiger partial charge < -0.3 is 15.2 Å². The molecule has 0 aliphatic heterocycles. The van der Waals surface area contributed by atoms with Gasteiger partial charge in [-0.3, -0.25) is 0 Å². The van der Waals surface area contributed by atoms with Crippen LogP contribution in [0.4, 0.5) is 0 Å². The summed E-state index contributed by atoms with van der Waals surface area (Å²) < 4.78 is 12.5. The Morgan fingerprint density at radius 1 is 1.10 bits per heavy atom. The molecule has 0 saturated carbocycles. The lowest BCUT2D eigenvalue weighted by atomic mass is 10.0. The molecule has 0 aliphatic rings. The van der Waals surface area contributed by atoms with E-state index in [1.807, 2.05) is 56.3 Å². The first kappa shape index (κ1) is 15.9. The monoisotopic (exact) mass is 349 g/mol. The fourth-order valence-corrected chi connectivity index (χ4v) is 2.68. The number of hydrogen-bond donors (Lipinski definition) is 1. The first-order valence-electron chi connectivity index (χ1n) is 6.84. The SMILES string of the molecule is COc1cc(C)ccc1OC(c1ccccc1Br)C(C)N. The zero-order chi connectivity index (χ0) is 15.4. The van der Waals surface area contributed by atoms with Crippen molar-refractivity contribution in [1.82, 2.24) is 0 Å². The quantitative estimate of drug-likeness (QED) is 0.878. The zero-order valence-corrected chi connectivity index (χ0v) is 14.1. The lowest BCUT2D eigenvalue weighted by Gasteiger charge is -2.25. The van der Waals surface area contributed by atoms with Crippen molar-refractivity contribution in [2.24, 2.45) is 5.73 Å². The van der Waals surface area contributed by atoms with E-state index in [9.17, 15) is 0 Å².